The number of nitrogens with one attached hydrogen (secondary N) is 2. The number of esters is 1. The summed E-state index contributed by atoms with van der Waals surface area (Å²) in [6, 6.07) is 11.7. The number of benzene rings is 2. The second-order valence-corrected chi connectivity index (χ2v) is 7.35. The maximum atomic E-state index is 12.8. The Labute approximate surface area is 176 Å². The Balaban J connectivity index is 1.84. The second kappa shape index (κ2) is 9.00. The first kappa shape index (κ1) is 20.7. The van der Waals surface area contributed by atoms with Gasteiger partial charge in [-0.2, -0.15) is 0 Å². The van der Waals surface area contributed by atoms with Crippen molar-refractivity contribution in [1.29, 1.82) is 0 Å². The van der Waals surface area contributed by atoms with Crippen LogP contribution in [0.2, 0.25) is 0 Å². The van der Waals surface area contributed by atoms with E-state index in [4.69, 9.17) is 9.47 Å². The highest BCUT2D eigenvalue weighted by Gasteiger charge is 2.33. The van der Waals surface area contributed by atoms with E-state index in [1.807, 2.05) is 30.3 Å². The molecule has 0 unspecified atom stereocenters. The molecule has 2 aromatic rings. The van der Waals surface area contributed by atoms with E-state index in [9.17, 15) is 14.7 Å². The average Bonchev–Trinajstić information content (AvgIpc) is 2.70. The van der Waals surface area contributed by atoms with Crippen LogP contribution in [0, 0.1) is 0 Å². The maximum Gasteiger partial charge on any atom is 0.338 e. The van der Waals surface area contributed by atoms with Gasteiger partial charge in [-0.15, -0.1) is 0 Å². The van der Waals surface area contributed by atoms with E-state index >= 15 is 0 Å². The highest BCUT2D eigenvalue weighted by atomic mass is 79.9. The van der Waals surface area contributed by atoms with Crippen molar-refractivity contribution < 1.29 is 24.2 Å². The summed E-state index contributed by atoms with van der Waals surface area (Å²) in [7, 11) is 1.42. The first-order valence-corrected chi connectivity index (χ1v) is 9.75. The molecule has 0 saturated carbocycles. The number of allylic oxidation sites excluding steroid dienone is 1. The van der Waals surface area contributed by atoms with Gasteiger partial charge in [0.1, 0.15) is 0 Å². The summed E-state index contributed by atoms with van der Waals surface area (Å²) in [6.45, 7) is 1.86. The van der Waals surface area contributed by atoms with E-state index < -0.39 is 18.0 Å². The summed E-state index contributed by atoms with van der Waals surface area (Å²) in [5.41, 5.74) is 2.32. The van der Waals surface area contributed by atoms with E-state index in [1.54, 1.807) is 19.1 Å². The van der Waals surface area contributed by atoms with Crippen LogP contribution in [0.1, 0.15) is 24.1 Å². The minimum atomic E-state index is -0.751. The number of hydrogen-bond donors (Lipinski definition) is 3. The van der Waals surface area contributed by atoms with Crippen molar-refractivity contribution in [1.82, 2.24) is 10.6 Å². The van der Waals surface area contributed by atoms with E-state index in [2.05, 4.69) is 26.6 Å². The molecule has 0 saturated heterocycles. The molecule has 0 bridgehead atoms. The number of amides is 2. The van der Waals surface area contributed by atoms with Gasteiger partial charge in [-0.3, -0.25) is 0 Å². The fraction of sp³-hybridized carbons (Fsp3) is 0.238. The molecule has 0 aliphatic carbocycles. The largest absolute Gasteiger partial charge is 0.503 e. The highest BCUT2D eigenvalue weighted by molar-refractivity contribution is 9.10. The zero-order valence-electron chi connectivity index (χ0n) is 16.0. The molecule has 0 spiro atoms. The van der Waals surface area contributed by atoms with Crippen molar-refractivity contribution in [3.05, 3.63) is 69.3 Å². The summed E-state index contributed by atoms with van der Waals surface area (Å²) < 4.78 is 11.0. The Morgan fingerprint density at radius 2 is 1.97 bits per heavy atom. The highest BCUT2D eigenvalue weighted by Crippen LogP contribution is 2.39. The summed E-state index contributed by atoms with van der Waals surface area (Å²) in [6.07, 6.45) is 0.585. The van der Waals surface area contributed by atoms with Crippen molar-refractivity contribution in [3.63, 3.8) is 0 Å². The molecule has 29 heavy (non-hydrogen) atoms. The fourth-order valence-electron chi connectivity index (χ4n) is 3.11. The minimum Gasteiger partial charge on any atom is -0.503 e. The van der Waals surface area contributed by atoms with E-state index in [0.717, 1.165) is 5.56 Å². The van der Waals surface area contributed by atoms with Gasteiger partial charge in [-0.1, -0.05) is 30.3 Å². The number of methoxy groups -OCH3 is 1. The number of aromatic hydroxyl groups is 1. The lowest BCUT2D eigenvalue weighted by atomic mass is 9.95. The van der Waals surface area contributed by atoms with Crippen molar-refractivity contribution in [2.24, 2.45) is 0 Å². The van der Waals surface area contributed by atoms with Gasteiger partial charge in [0.05, 0.1) is 29.8 Å². The van der Waals surface area contributed by atoms with E-state index in [0.29, 0.717) is 22.2 Å². The number of ether oxygens (including phenoxy) is 2. The number of rotatable bonds is 6. The smallest absolute Gasteiger partial charge is 0.338 e. The summed E-state index contributed by atoms with van der Waals surface area (Å²) in [5, 5.41) is 15.4. The molecule has 3 rings (SSSR count). The molecule has 0 radical (unpaired) electrons. The van der Waals surface area contributed by atoms with Crippen LogP contribution in [0.5, 0.6) is 11.5 Å². The lowest BCUT2D eigenvalue weighted by Crippen LogP contribution is -2.45. The quantitative estimate of drug-likeness (QED) is 0.572. The van der Waals surface area contributed by atoms with Crippen LogP contribution >= 0.6 is 15.9 Å². The molecule has 1 atom stereocenters. The molecule has 0 aromatic heterocycles. The van der Waals surface area contributed by atoms with Gasteiger partial charge in [0.25, 0.3) is 0 Å². The summed E-state index contributed by atoms with van der Waals surface area (Å²) >= 11 is 3.27. The summed E-state index contributed by atoms with van der Waals surface area (Å²) in [4.78, 5) is 24.9. The lowest BCUT2D eigenvalue weighted by molar-refractivity contribution is -0.139. The van der Waals surface area contributed by atoms with Crippen LogP contribution in [0.3, 0.4) is 0 Å². The van der Waals surface area contributed by atoms with E-state index in [-0.39, 0.29) is 23.7 Å². The number of carbonyl (C=O) groups excluding carboxylic acids is 2. The Morgan fingerprint density at radius 3 is 2.66 bits per heavy atom. The van der Waals surface area contributed by atoms with Crippen LogP contribution in [0.25, 0.3) is 0 Å². The van der Waals surface area contributed by atoms with Gasteiger partial charge in [0.2, 0.25) is 0 Å². The van der Waals surface area contributed by atoms with Crippen molar-refractivity contribution in [3.8, 4) is 11.5 Å². The zero-order valence-corrected chi connectivity index (χ0v) is 17.6. The van der Waals surface area contributed by atoms with Gasteiger partial charge in [0.15, 0.2) is 11.5 Å². The molecule has 152 valence electrons. The van der Waals surface area contributed by atoms with Crippen LogP contribution in [0.15, 0.2) is 58.2 Å². The second-order valence-electron chi connectivity index (χ2n) is 6.50. The number of hydrogen-bond acceptors (Lipinski definition) is 5. The first-order chi connectivity index (χ1) is 13.9. The monoisotopic (exact) mass is 460 g/mol. The number of phenolic OH excluding ortho intramolecular Hbond substituents is 1. The molecule has 1 aliphatic heterocycles. The molecule has 3 N–H and O–H groups in total. The average molecular weight is 461 g/mol. The van der Waals surface area contributed by atoms with Crippen LogP contribution in [-0.2, 0) is 16.0 Å². The number of carbonyl (C=O) groups is 2. The number of urea groups is 1. The Hall–Kier alpha value is -3.00. The molecule has 8 heteroatoms. The maximum absolute atomic E-state index is 12.8. The molecule has 2 amide bonds. The molecular formula is C21H21BrN2O5. The third-order valence-electron chi connectivity index (χ3n) is 4.56. The minimum absolute atomic E-state index is 0.0656. The van der Waals surface area contributed by atoms with Gasteiger partial charge in [0, 0.05) is 12.1 Å². The predicted molar refractivity (Wildman–Crippen MR) is 111 cm³/mol. The van der Waals surface area contributed by atoms with Crippen molar-refractivity contribution in [2.45, 2.75) is 19.4 Å². The molecule has 7 nitrogen and oxygen atoms in total. The Kier molecular flexibility index (Phi) is 6.43. The fourth-order valence-corrected chi connectivity index (χ4v) is 3.57. The first-order valence-electron chi connectivity index (χ1n) is 8.96. The van der Waals surface area contributed by atoms with Gasteiger partial charge in [-0.25, -0.2) is 9.59 Å². The SMILES string of the molecule is COc1cc([C@@H]2NC(=O)NC(C)=C2C(=O)OCCc2ccccc2)cc(Br)c1O. The Morgan fingerprint density at radius 1 is 1.24 bits per heavy atom. The number of phenols is 1. The molecular weight excluding hydrogens is 440 g/mol. The third-order valence-corrected chi connectivity index (χ3v) is 5.16. The van der Waals surface area contributed by atoms with Crippen LogP contribution in [-0.4, -0.2) is 30.8 Å². The third kappa shape index (κ3) is 4.71. The topological polar surface area (TPSA) is 96.9 Å². The zero-order chi connectivity index (χ0) is 21.0. The van der Waals surface area contributed by atoms with Crippen molar-refractivity contribution >= 4 is 27.9 Å². The lowest BCUT2D eigenvalue weighted by Gasteiger charge is -2.28. The van der Waals surface area contributed by atoms with Gasteiger partial charge in [-0.05, 0) is 46.1 Å². The summed E-state index contributed by atoms with van der Waals surface area (Å²) in [5.74, 6) is -0.375. The molecule has 1 heterocycles. The van der Waals surface area contributed by atoms with Crippen molar-refractivity contribution in [2.75, 3.05) is 13.7 Å². The molecule has 1 aliphatic rings. The van der Waals surface area contributed by atoms with Crippen LogP contribution < -0.4 is 15.4 Å². The van der Waals surface area contributed by atoms with Gasteiger partial charge < -0.3 is 25.2 Å². The number of halogens is 1. The predicted octanol–water partition coefficient (Wildman–Crippen LogP) is 3.58. The van der Waals surface area contributed by atoms with Crippen LogP contribution in [0.4, 0.5) is 4.79 Å². The Bertz CT molecular complexity index is 959. The molecule has 0 fully saturated rings. The normalized spacial score (nSPS) is 16.1. The molecule has 2 aromatic carbocycles. The van der Waals surface area contributed by atoms with E-state index in [1.165, 1.54) is 7.11 Å². The standard InChI is InChI=1S/C21H21BrN2O5/c1-12-17(20(26)29-9-8-13-6-4-3-5-7-13)18(24-21(27)23-12)14-10-15(22)19(25)16(11-14)28-2/h3-7,10-11,18,25H,8-9H2,1-2H3,(H2,23,24,27)/t18-/m0/s1. The van der Waals surface area contributed by atoms with Gasteiger partial charge >= 0.3 is 12.0 Å².